The van der Waals surface area contributed by atoms with Gasteiger partial charge in [0.15, 0.2) is 0 Å². The third-order valence-corrected chi connectivity index (χ3v) is 8.12. The van der Waals surface area contributed by atoms with Crippen molar-refractivity contribution in [3.63, 3.8) is 0 Å². The second-order valence-electron chi connectivity index (χ2n) is 8.36. The average Bonchev–Trinajstić information content (AvgIpc) is 3.36. The molecular formula is C22H30N4O3S2. The minimum absolute atomic E-state index is 0.123. The SMILES string of the molecule is CSC(C)(C)[C@H](N)C(=O)N1C[C@H](O)C[C@H]1C(=O)NCc1ccc(-c2scnc2C)cc1. The van der Waals surface area contributed by atoms with Crippen LogP contribution in [0.4, 0.5) is 0 Å². The third kappa shape index (κ3) is 5.28. The number of benzene rings is 1. The second-order valence-corrected chi connectivity index (χ2v) is 10.7. The number of hydrogen-bond donors (Lipinski definition) is 3. The first-order valence-electron chi connectivity index (χ1n) is 10.2. The van der Waals surface area contributed by atoms with Gasteiger partial charge in [0.1, 0.15) is 6.04 Å². The van der Waals surface area contributed by atoms with Gasteiger partial charge in [-0.1, -0.05) is 24.3 Å². The van der Waals surface area contributed by atoms with E-state index in [2.05, 4.69) is 10.3 Å². The van der Waals surface area contributed by atoms with Crippen LogP contribution in [0.15, 0.2) is 29.8 Å². The minimum atomic E-state index is -0.758. The van der Waals surface area contributed by atoms with Crippen LogP contribution < -0.4 is 11.1 Å². The highest BCUT2D eigenvalue weighted by Crippen LogP contribution is 2.29. The summed E-state index contributed by atoms with van der Waals surface area (Å²) in [6, 6.07) is 6.49. The molecule has 0 saturated carbocycles. The van der Waals surface area contributed by atoms with E-state index in [-0.39, 0.29) is 24.8 Å². The molecule has 0 radical (unpaired) electrons. The molecular weight excluding hydrogens is 432 g/mol. The summed E-state index contributed by atoms with van der Waals surface area (Å²) in [6.07, 6.45) is 1.39. The summed E-state index contributed by atoms with van der Waals surface area (Å²) < 4.78 is -0.468. The van der Waals surface area contributed by atoms with E-state index in [1.54, 1.807) is 11.3 Å². The van der Waals surface area contributed by atoms with Gasteiger partial charge in [-0.25, -0.2) is 4.98 Å². The Kier molecular flexibility index (Phi) is 7.41. The number of thioether (sulfide) groups is 1. The number of aliphatic hydroxyl groups is 1. The highest BCUT2D eigenvalue weighted by Gasteiger charge is 2.43. The summed E-state index contributed by atoms with van der Waals surface area (Å²) in [5, 5.41) is 13.0. The smallest absolute Gasteiger partial charge is 0.243 e. The summed E-state index contributed by atoms with van der Waals surface area (Å²) in [7, 11) is 0. The van der Waals surface area contributed by atoms with Gasteiger partial charge >= 0.3 is 0 Å². The van der Waals surface area contributed by atoms with Crippen LogP contribution in [-0.4, -0.2) is 62.5 Å². The van der Waals surface area contributed by atoms with Crippen LogP contribution >= 0.6 is 23.1 Å². The summed E-state index contributed by atoms with van der Waals surface area (Å²) in [6.45, 7) is 6.25. The average molecular weight is 463 g/mol. The lowest BCUT2D eigenvalue weighted by molar-refractivity contribution is -0.140. The molecule has 4 N–H and O–H groups in total. The molecule has 2 amide bonds. The predicted molar refractivity (Wildman–Crippen MR) is 126 cm³/mol. The zero-order valence-corrected chi connectivity index (χ0v) is 19.9. The van der Waals surface area contributed by atoms with Crippen molar-refractivity contribution in [3.05, 3.63) is 41.0 Å². The van der Waals surface area contributed by atoms with Gasteiger partial charge in [-0.05, 0) is 38.2 Å². The van der Waals surface area contributed by atoms with Crippen molar-refractivity contribution in [1.82, 2.24) is 15.2 Å². The van der Waals surface area contributed by atoms with Crippen molar-refractivity contribution >= 4 is 34.9 Å². The zero-order valence-electron chi connectivity index (χ0n) is 18.3. The number of amides is 2. The number of likely N-dealkylation sites (tertiary alicyclic amines) is 1. The minimum Gasteiger partial charge on any atom is -0.391 e. The fraction of sp³-hybridized carbons (Fsp3) is 0.500. The molecule has 1 aliphatic rings. The number of carbonyl (C=O) groups is 2. The van der Waals surface area contributed by atoms with Crippen LogP contribution in [0.3, 0.4) is 0 Å². The largest absolute Gasteiger partial charge is 0.391 e. The first-order chi connectivity index (χ1) is 14.6. The number of aryl methyl sites for hydroxylation is 1. The molecule has 31 heavy (non-hydrogen) atoms. The number of rotatable bonds is 7. The number of nitrogens with two attached hydrogens (primary N) is 1. The number of carbonyl (C=O) groups excluding carboxylic acids is 2. The van der Waals surface area contributed by atoms with Gasteiger partial charge in [-0.3, -0.25) is 9.59 Å². The van der Waals surface area contributed by atoms with E-state index >= 15 is 0 Å². The predicted octanol–water partition coefficient (Wildman–Crippen LogP) is 2.17. The Hall–Kier alpha value is -1.94. The number of nitrogens with zero attached hydrogens (tertiary/aromatic N) is 2. The monoisotopic (exact) mass is 462 g/mol. The molecule has 1 fully saturated rings. The molecule has 1 saturated heterocycles. The normalized spacial score (nSPS) is 20.0. The van der Waals surface area contributed by atoms with Gasteiger partial charge in [-0.2, -0.15) is 11.8 Å². The molecule has 9 heteroatoms. The Labute approximate surface area is 191 Å². The third-order valence-electron chi connectivity index (χ3n) is 5.83. The van der Waals surface area contributed by atoms with Crippen molar-refractivity contribution < 1.29 is 14.7 Å². The molecule has 7 nitrogen and oxygen atoms in total. The topological polar surface area (TPSA) is 109 Å². The Morgan fingerprint density at radius 2 is 2.06 bits per heavy atom. The standard InChI is InChI=1S/C22H30N4O3S2/c1-13-18(31-12-25-13)15-7-5-14(6-8-15)10-24-20(28)17-9-16(27)11-26(17)21(29)19(23)22(2,3)30-4/h5-8,12,16-17,19,27H,9-11,23H2,1-4H3,(H,24,28)/t16-,17+,19-/m1/s1. The Morgan fingerprint density at radius 3 is 2.65 bits per heavy atom. The molecule has 1 aliphatic heterocycles. The molecule has 3 atom stereocenters. The van der Waals surface area contributed by atoms with Crippen molar-refractivity contribution in [2.45, 2.75) is 56.7 Å². The van der Waals surface area contributed by atoms with Crippen LogP contribution in [0.1, 0.15) is 31.5 Å². The Balaban J connectivity index is 1.63. The Morgan fingerprint density at radius 1 is 1.39 bits per heavy atom. The number of aliphatic hydroxyl groups excluding tert-OH is 1. The maximum atomic E-state index is 13.0. The molecule has 0 aliphatic carbocycles. The van der Waals surface area contributed by atoms with Crippen LogP contribution in [0.25, 0.3) is 10.4 Å². The van der Waals surface area contributed by atoms with E-state index in [9.17, 15) is 14.7 Å². The van der Waals surface area contributed by atoms with E-state index in [1.807, 2.05) is 56.8 Å². The van der Waals surface area contributed by atoms with Crippen molar-refractivity contribution in [1.29, 1.82) is 0 Å². The van der Waals surface area contributed by atoms with Gasteiger partial charge in [0.2, 0.25) is 11.8 Å². The van der Waals surface area contributed by atoms with Crippen LogP contribution in [-0.2, 0) is 16.1 Å². The van der Waals surface area contributed by atoms with E-state index in [0.29, 0.717) is 6.54 Å². The quantitative estimate of drug-likeness (QED) is 0.582. The van der Waals surface area contributed by atoms with Crippen molar-refractivity contribution in [2.75, 3.05) is 12.8 Å². The van der Waals surface area contributed by atoms with Crippen LogP contribution in [0.2, 0.25) is 0 Å². The fourth-order valence-corrected chi connectivity index (χ4v) is 4.74. The van der Waals surface area contributed by atoms with Crippen molar-refractivity contribution in [2.24, 2.45) is 5.73 Å². The number of nitrogens with one attached hydrogen (secondary N) is 1. The molecule has 1 aromatic carbocycles. The van der Waals surface area contributed by atoms with Gasteiger partial charge < -0.3 is 21.1 Å². The number of β-amino-alcohol motifs (C(OH)–C–C–N with tert-alkyl or cyclic N) is 1. The highest BCUT2D eigenvalue weighted by molar-refractivity contribution is 8.00. The summed E-state index contributed by atoms with van der Waals surface area (Å²) in [5.74, 6) is -0.582. The zero-order chi connectivity index (χ0) is 22.8. The maximum Gasteiger partial charge on any atom is 0.243 e. The summed E-state index contributed by atoms with van der Waals surface area (Å²) >= 11 is 3.10. The maximum absolute atomic E-state index is 13.0. The molecule has 0 bridgehead atoms. The molecule has 2 aromatic rings. The first kappa shape index (κ1) is 23.7. The van der Waals surface area contributed by atoms with Gasteiger partial charge in [0, 0.05) is 24.3 Å². The highest BCUT2D eigenvalue weighted by atomic mass is 32.2. The van der Waals surface area contributed by atoms with Gasteiger partial charge in [0.05, 0.1) is 28.2 Å². The van der Waals surface area contributed by atoms with E-state index in [1.165, 1.54) is 16.7 Å². The first-order valence-corrected chi connectivity index (χ1v) is 12.3. The lowest BCUT2D eigenvalue weighted by Gasteiger charge is -2.33. The van der Waals surface area contributed by atoms with Gasteiger partial charge in [-0.15, -0.1) is 11.3 Å². The molecule has 1 aromatic heterocycles. The number of thiazole rings is 1. The van der Waals surface area contributed by atoms with Crippen LogP contribution in [0, 0.1) is 6.92 Å². The molecule has 168 valence electrons. The lowest BCUT2D eigenvalue weighted by Crippen LogP contribution is -2.56. The van der Waals surface area contributed by atoms with Crippen molar-refractivity contribution in [3.8, 4) is 10.4 Å². The summed E-state index contributed by atoms with van der Waals surface area (Å²) in [5.41, 5.74) is 11.1. The second kappa shape index (κ2) is 9.68. The molecule has 2 heterocycles. The number of aromatic nitrogens is 1. The van der Waals surface area contributed by atoms with E-state index in [0.717, 1.165) is 21.7 Å². The molecule has 0 unspecified atom stereocenters. The van der Waals surface area contributed by atoms with E-state index in [4.69, 9.17) is 5.73 Å². The van der Waals surface area contributed by atoms with Gasteiger partial charge in [0.25, 0.3) is 0 Å². The fourth-order valence-electron chi connectivity index (χ4n) is 3.57. The lowest BCUT2D eigenvalue weighted by atomic mass is 10.0. The molecule has 3 rings (SSSR count). The summed E-state index contributed by atoms with van der Waals surface area (Å²) in [4.78, 5) is 32.6. The number of hydrogen-bond acceptors (Lipinski definition) is 7. The molecule has 0 spiro atoms. The van der Waals surface area contributed by atoms with Crippen LogP contribution in [0.5, 0.6) is 0 Å². The van der Waals surface area contributed by atoms with E-state index < -0.39 is 22.9 Å². The Bertz CT molecular complexity index is 929.